The lowest BCUT2D eigenvalue weighted by atomic mass is 10.1. The quantitative estimate of drug-likeness (QED) is 0.376. The summed E-state index contributed by atoms with van der Waals surface area (Å²) in [4.78, 5) is 30.0. The molecular formula is C26H23N3O6S. The van der Waals surface area contributed by atoms with Crippen molar-refractivity contribution < 1.29 is 27.2 Å². The van der Waals surface area contributed by atoms with E-state index in [0.717, 1.165) is 12.8 Å². The topological polar surface area (TPSA) is 119 Å². The number of hydrogen-bond acceptors (Lipinski definition) is 7. The Bertz CT molecular complexity index is 1510. The maximum Gasteiger partial charge on any atom is 0.339 e. The van der Waals surface area contributed by atoms with E-state index < -0.39 is 28.5 Å². The number of esters is 1. The molecule has 4 aromatic rings. The molecule has 0 aliphatic carbocycles. The van der Waals surface area contributed by atoms with Crippen molar-refractivity contribution in [3.63, 3.8) is 0 Å². The Morgan fingerprint density at radius 1 is 1.00 bits per heavy atom. The zero-order chi connectivity index (χ0) is 25.1. The third-order valence-corrected chi connectivity index (χ3v) is 7.80. The van der Waals surface area contributed by atoms with Crippen molar-refractivity contribution >= 4 is 38.5 Å². The van der Waals surface area contributed by atoms with Crippen LogP contribution in [0.1, 0.15) is 23.2 Å². The summed E-state index contributed by atoms with van der Waals surface area (Å²) >= 11 is 0. The summed E-state index contributed by atoms with van der Waals surface area (Å²) in [6, 6.07) is 18.1. The maximum absolute atomic E-state index is 12.9. The molecule has 1 saturated heterocycles. The zero-order valence-corrected chi connectivity index (χ0v) is 20.0. The van der Waals surface area contributed by atoms with Gasteiger partial charge in [0.05, 0.1) is 22.2 Å². The second-order valence-corrected chi connectivity index (χ2v) is 10.2. The number of anilines is 1. The highest BCUT2D eigenvalue weighted by Gasteiger charge is 2.27. The van der Waals surface area contributed by atoms with Crippen LogP contribution in [0.3, 0.4) is 0 Å². The number of carbonyl (C=O) groups excluding carboxylic acids is 2. The summed E-state index contributed by atoms with van der Waals surface area (Å²) in [5.41, 5.74) is 1.72. The lowest BCUT2D eigenvalue weighted by Gasteiger charge is -2.15. The molecular weight excluding hydrogens is 482 g/mol. The van der Waals surface area contributed by atoms with Crippen LogP contribution in [0.5, 0.6) is 0 Å². The number of carbonyl (C=O) groups is 2. The first-order valence-corrected chi connectivity index (χ1v) is 12.9. The Hall–Kier alpha value is -4.02. The molecule has 1 aliphatic rings. The monoisotopic (exact) mass is 505 g/mol. The number of nitrogens with zero attached hydrogens (tertiary/aromatic N) is 2. The van der Waals surface area contributed by atoms with E-state index in [1.165, 1.54) is 34.8 Å². The van der Waals surface area contributed by atoms with Crippen molar-refractivity contribution in [2.24, 2.45) is 0 Å². The van der Waals surface area contributed by atoms with Gasteiger partial charge >= 0.3 is 5.97 Å². The first-order chi connectivity index (χ1) is 17.4. The van der Waals surface area contributed by atoms with E-state index in [0.29, 0.717) is 41.1 Å². The largest absolute Gasteiger partial charge is 0.463 e. The van der Waals surface area contributed by atoms with Gasteiger partial charge < -0.3 is 14.5 Å². The minimum absolute atomic E-state index is 0.172. The highest BCUT2D eigenvalue weighted by atomic mass is 32.2. The Balaban J connectivity index is 1.25. The summed E-state index contributed by atoms with van der Waals surface area (Å²) in [6.45, 7) is 0.517. The van der Waals surface area contributed by atoms with E-state index in [4.69, 9.17) is 9.15 Å². The Morgan fingerprint density at radius 2 is 1.75 bits per heavy atom. The van der Waals surface area contributed by atoms with Crippen molar-refractivity contribution in [3.8, 4) is 11.5 Å². The minimum atomic E-state index is -3.53. The van der Waals surface area contributed by atoms with Crippen LogP contribution in [0.2, 0.25) is 0 Å². The second kappa shape index (κ2) is 9.92. The summed E-state index contributed by atoms with van der Waals surface area (Å²) in [5.74, 6) is -0.727. The average Bonchev–Trinajstić information content (AvgIpc) is 3.62. The third kappa shape index (κ3) is 4.86. The molecule has 1 amide bonds. The number of rotatable bonds is 7. The van der Waals surface area contributed by atoms with Crippen LogP contribution in [0.25, 0.3) is 22.4 Å². The van der Waals surface area contributed by atoms with Gasteiger partial charge in [-0.25, -0.2) is 18.2 Å². The third-order valence-electron chi connectivity index (χ3n) is 5.88. The van der Waals surface area contributed by atoms with Gasteiger partial charge in [-0.05, 0) is 61.4 Å². The zero-order valence-electron chi connectivity index (χ0n) is 19.2. The van der Waals surface area contributed by atoms with Crippen LogP contribution in [-0.2, 0) is 19.6 Å². The predicted octanol–water partition coefficient (Wildman–Crippen LogP) is 4.07. The van der Waals surface area contributed by atoms with Gasteiger partial charge in [0.1, 0.15) is 5.69 Å². The molecule has 1 N–H and O–H groups in total. The fourth-order valence-electron chi connectivity index (χ4n) is 4.09. The van der Waals surface area contributed by atoms with Crippen LogP contribution in [-0.4, -0.2) is 49.3 Å². The Morgan fingerprint density at radius 3 is 2.47 bits per heavy atom. The summed E-state index contributed by atoms with van der Waals surface area (Å²) in [7, 11) is -3.53. The number of furan rings is 1. The van der Waals surface area contributed by atoms with Gasteiger partial charge in [0.15, 0.2) is 12.4 Å². The van der Waals surface area contributed by atoms with E-state index in [-0.39, 0.29) is 10.5 Å². The molecule has 184 valence electrons. The first-order valence-electron chi connectivity index (χ1n) is 11.4. The number of hydrogen-bond donors (Lipinski definition) is 1. The van der Waals surface area contributed by atoms with Gasteiger partial charge in [-0.15, -0.1) is 0 Å². The van der Waals surface area contributed by atoms with Gasteiger partial charge in [0.25, 0.3) is 5.91 Å². The van der Waals surface area contributed by atoms with Crippen molar-refractivity contribution in [1.29, 1.82) is 0 Å². The van der Waals surface area contributed by atoms with Gasteiger partial charge in [-0.3, -0.25) is 4.79 Å². The highest BCUT2D eigenvalue weighted by Crippen LogP contribution is 2.26. The van der Waals surface area contributed by atoms with Crippen molar-refractivity contribution in [1.82, 2.24) is 9.29 Å². The molecule has 0 unspecified atom stereocenters. The lowest BCUT2D eigenvalue weighted by molar-refractivity contribution is -0.119. The maximum atomic E-state index is 12.9. The second-order valence-electron chi connectivity index (χ2n) is 8.31. The summed E-state index contributed by atoms with van der Waals surface area (Å²) < 4.78 is 37.4. The van der Waals surface area contributed by atoms with Crippen molar-refractivity contribution in [2.45, 2.75) is 17.7 Å². The number of ether oxygens (including phenoxy) is 1. The molecule has 36 heavy (non-hydrogen) atoms. The molecule has 1 aliphatic heterocycles. The first kappa shape index (κ1) is 23.7. The Labute approximate surface area is 207 Å². The Kier molecular flexibility index (Phi) is 6.53. The molecule has 0 spiro atoms. The van der Waals surface area contributed by atoms with Crippen LogP contribution in [0.4, 0.5) is 5.69 Å². The molecule has 3 heterocycles. The molecule has 2 aromatic heterocycles. The van der Waals surface area contributed by atoms with Crippen molar-refractivity contribution in [3.05, 3.63) is 78.6 Å². The molecule has 0 saturated carbocycles. The van der Waals surface area contributed by atoms with E-state index in [9.17, 15) is 18.0 Å². The predicted molar refractivity (Wildman–Crippen MR) is 133 cm³/mol. The van der Waals surface area contributed by atoms with Gasteiger partial charge in [-0.2, -0.15) is 4.31 Å². The normalized spacial score (nSPS) is 14.1. The molecule has 0 atom stereocenters. The lowest BCUT2D eigenvalue weighted by Crippen LogP contribution is -2.27. The number of aromatic nitrogens is 1. The molecule has 5 rings (SSSR count). The van der Waals surface area contributed by atoms with Crippen molar-refractivity contribution in [2.75, 3.05) is 25.0 Å². The van der Waals surface area contributed by atoms with E-state index in [1.807, 2.05) is 6.07 Å². The summed E-state index contributed by atoms with van der Waals surface area (Å²) in [5, 5.41) is 3.21. The van der Waals surface area contributed by atoms with Crippen LogP contribution < -0.4 is 5.32 Å². The molecule has 0 bridgehead atoms. The number of para-hydroxylation sites is 1. The molecule has 1 fully saturated rings. The molecule has 2 aromatic carbocycles. The number of benzene rings is 2. The smallest absolute Gasteiger partial charge is 0.339 e. The van der Waals surface area contributed by atoms with Gasteiger partial charge in [0.2, 0.25) is 10.0 Å². The van der Waals surface area contributed by atoms with Crippen LogP contribution in [0, 0.1) is 0 Å². The number of nitrogens with one attached hydrogen (secondary N) is 1. The van der Waals surface area contributed by atoms with Gasteiger partial charge in [0, 0.05) is 24.2 Å². The molecule has 0 radical (unpaired) electrons. The van der Waals surface area contributed by atoms with E-state index >= 15 is 0 Å². The molecule has 9 nitrogen and oxygen atoms in total. The van der Waals surface area contributed by atoms with Crippen LogP contribution >= 0.6 is 0 Å². The summed E-state index contributed by atoms with van der Waals surface area (Å²) in [6.07, 6.45) is 3.22. The van der Waals surface area contributed by atoms with E-state index in [1.54, 1.807) is 36.4 Å². The molecule has 10 heteroatoms. The number of sulfonamides is 1. The van der Waals surface area contributed by atoms with E-state index in [2.05, 4.69) is 10.3 Å². The minimum Gasteiger partial charge on any atom is -0.463 e. The number of amides is 1. The highest BCUT2D eigenvalue weighted by molar-refractivity contribution is 7.89. The van der Waals surface area contributed by atoms with Gasteiger partial charge in [-0.1, -0.05) is 18.2 Å². The fraction of sp³-hybridized carbons (Fsp3) is 0.192. The SMILES string of the molecule is O=C(COC(=O)c1cc(-c2ccco2)nc2ccccc12)Nc1ccc(S(=O)(=O)N2CCCC2)cc1. The fourth-order valence-corrected chi connectivity index (χ4v) is 5.61. The number of pyridine rings is 1. The standard InChI is InChI=1S/C26H23N3O6S/c30-25(27-18-9-11-19(12-10-18)36(32,33)29-13-3-4-14-29)17-35-26(31)21-16-23(24-8-5-15-34-24)28-22-7-2-1-6-20(21)22/h1-2,5-12,15-16H,3-4,13-14,17H2,(H,27,30). The number of fused-ring (bicyclic) bond motifs is 1. The van der Waals surface area contributed by atoms with Crippen LogP contribution in [0.15, 0.2) is 82.3 Å². The average molecular weight is 506 g/mol.